The van der Waals surface area contributed by atoms with Gasteiger partial charge in [0.05, 0.1) is 55.0 Å². The summed E-state index contributed by atoms with van der Waals surface area (Å²) >= 11 is 29.2. The molecule has 0 bridgehead atoms. The van der Waals surface area contributed by atoms with Gasteiger partial charge in [-0.2, -0.15) is 0 Å². The number of hydrogen-bond donors (Lipinski definition) is 3. The Balaban J connectivity index is 0.000000329. The van der Waals surface area contributed by atoms with Crippen LogP contribution in [0, 0.1) is 13.8 Å². The summed E-state index contributed by atoms with van der Waals surface area (Å²) < 4.78 is 34.8. The van der Waals surface area contributed by atoms with Crippen LogP contribution in [-0.4, -0.2) is 88.1 Å². The Kier molecular flexibility index (Phi) is 25.4. The zero-order valence-corrected chi connectivity index (χ0v) is 56.2. The fourth-order valence-corrected chi connectivity index (χ4v) is 9.14. The molecule has 2 saturated heterocycles. The number of ether oxygens (including phenoxy) is 4. The highest BCUT2D eigenvalue weighted by molar-refractivity contribution is 9.24. The van der Waals surface area contributed by atoms with Crippen molar-refractivity contribution in [3.63, 3.8) is 0 Å². The minimum Gasteiger partial charge on any atom is -0.496 e. The molecule has 0 unspecified atom stereocenters. The number of halogens is 7. The van der Waals surface area contributed by atoms with Crippen molar-refractivity contribution in [2.75, 3.05) is 19.6 Å². The van der Waals surface area contributed by atoms with Gasteiger partial charge in [0, 0.05) is 44.5 Å². The van der Waals surface area contributed by atoms with Crippen LogP contribution in [0.3, 0.4) is 0 Å². The van der Waals surface area contributed by atoms with Crippen molar-refractivity contribution in [3.8, 4) is 11.5 Å². The Labute approximate surface area is 510 Å². The first-order valence-electron chi connectivity index (χ1n) is 24.7. The van der Waals surface area contributed by atoms with Gasteiger partial charge in [0.2, 0.25) is 0 Å². The molecule has 0 atom stereocenters. The molecule has 2 aliphatic rings. The van der Waals surface area contributed by atoms with E-state index in [0.29, 0.717) is 39.3 Å². The second-order valence-corrected chi connectivity index (χ2v) is 29.5. The molecular weight excluding hydrogens is 1330 g/mol. The van der Waals surface area contributed by atoms with Crippen LogP contribution in [-0.2, 0) is 18.8 Å². The van der Waals surface area contributed by atoms with E-state index in [1.807, 2.05) is 129 Å². The summed E-state index contributed by atoms with van der Waals surface area (Å²) in [7, 11) is 2.67. The van der Waals surface area contributed by atoms with Gasteiger partial charge in [0.1, 0.15) is 11.5 Å². The molecule has 78 heavy (non-hydrogen) atoms. The third-order valence-corrected chi connectivity index (χ3v) is 15.5. The average Bonchev–Trinajstić information content (AvgIpc) is 3.70. The van der Waals surface area contributed by atoms with E-state index in [2.05, 4.69) is 80.0 Å². The van der Waals surface area contributed by atoms with Gasteiger partial charge in [-0.05, 0) is 181 Å². The van der Waals surface area contributed by atoms with Crippen molar-refractivity contribution < 1.29 is 47.4 Å². The number of methoxy groups -OCH3 is 2. The Morgan fingerprint density at radius 1 is 0.667 bits per heavy atom. The number of carbonyl (C=O) groups excluding carboxylic acids is 4. The predicted octanol–water partition coefficient (Wildman–Crippen LogP) is 14.6. The highest BCUT2D eigenvalue weighted by Crippen LogP contribution is 2.48. The van der Waals surface area contributed by atoms with Gasteiger partial charge >= 0.3 is 7.12 Å². The Morgan fingerprint density at radius 2 is 1.10 bits per heavy atom. The molecule has 3 amide bonds. The number of alkyl halides is 6. The highest BCUT2D eigenvalue weighted by atomic mass is 79.9. The highest BCUT2D eigenvalue weighted by Gasteiger charge is 2.53. The molecule has 4 aromatic rings. The molecule has 14 nitrogen and oxygen atoms in total. The normalized spacial score (nSPS) is 16.2. The summed E-state index contributed by atoms with van der Waals surface area (Å²) in [4.78, 5) is 50.3. The van der Waals surface area contributed by atoms with E-state index in [4.69, 9.17) is 63.1 Å². The van der Waals surface area contributed by atoms with Crippen molar-refractivity contribution >= 4 is 134 Å². The largest absolute Gasteiger partial charge is 0.496 e. The van der Waals surface area contributed by atoms with Gasteiger partial charge in [0.25, 0.3) is 23.0 Å². The van der Waals surface area contributed by atoms with Gasteiger partial charge in [0.15, 0.2) is 6.29 Å². The summed E-state index contributed by atoms with van der Waals surface area (Å²) in [6.45, 7) is 31.2. The molecule has 0 saturated carbocycles. The third-order valence-electron chi connectivity index (χ3n) is 13.3. The van der Waals surface area contributed by atoms with E-state index in [1.54, 1.807) is 68.8 Å². The van der Waals surface area contributed by atoms with Crippen LogP contribution in [0.1, 0.15) is 180 Å². The molecule has 0 aromatic heterocycles. The van der Waals surface area contributed by atoms with E-state index in [-0.39, 0.29) is 30.2 Å². The fourth-order valence-electron chi connectivity index (χ4n) is 7.44. The monoisotopic (exact) mass is 1390 g/mol. The Bertz CT molecular complexity index is 2720. The number of carbonyl (C=O) groups is 4. The zero-order chi connectivity index (χ0) is 59.7. The predicted molar refractivity (Wildman–Crippen MR) is 329 cm³/mol. The van der Waals surface area contributed by atoms with Gasteiger partial charge in [-0.25, -0.2) is 10.4 Å². The van der Waals surface area contributed by atoms with Crippen LogP contribution in [0.2, 0.25) is 0 Å². The molecule has 2 aliphatic heterocycles. The number of hydrazine groups is 2. The standard InChI is InChI=1S/C28H36Br2N2O5.C14H16BBr2ClO3.C13H20N2O2.CH2Cl2/c1-16-18(11-10-12-21(16)35-9)23(33)31-32(26(2,3)4)24(34)17-13-14-19(20(15-17)22(29)30)25-36-27(5,6)28(7,8)37-25;1-13(2)14(3,4)21-15(20-13)10-6-5-8(12(18)19)7-9(10)11(16)17;1-9-10(7-6-8-11(9)17-5)12(16)14-15-13(2,3)4;2-1-3/h10-15,22,25H,1-9H3,(H,31,33);5-7,11H,1-4H3;6-8,15H,1-5H3,(H,14,16);1H2. The maximum atomic E-state index is 13.8. The molecule has 0 spiro atoms. The number of benzene rings is 4. The molecule has 4 aromatic carbocycles. The van der Waals surface area contributed by atoms with Gasteiger partial charge < -0.3 is 28.3 Å². The number of nitrogens with one attached hydrogen (secondary N) is 3. The third kappa shape index (κ3) is 18.1. The number of nitrogens with zero attached hydrogens (tertiary/aromatic N) is 1. The van der Waals surface area contributed by atoms with Crippen LogP contribution in [0.5, 0.6) is 11.5 Å². The summed E-state index contributed by atoms with van der Waals surface area (Å²) in [6.07, 6.45) is -0.587. The number of hydrogen-bond acceptors (Lipinski definition) is 11. The first kappa shape index (κ1) is 69.5. The molecule has 0 aliphatic carbocycles. The maximum absolute atomic E-state index is 13.8. The van der Waals surface area contributed by atoms with Crippen molar-refractivity contribution in [1.82, 2.24) is 21.3 Å². The first-order valence-corrected chi connectivity index (χ1v) is 29.8. The van der Waals surface area contributed by atoms with Crippen molar-refractivity contribution in [1.29, 1.82) is 0 Å². The molecule has 2 heterocycles. The first-order chi connectivity index (χ1) is 35.8. The maximum Gasteiger partial charge on any atom is 0.495 e. The Morgan fingerprint density at radius 3 is 1.51 bits per heavy atom. The van der Waals surface area contributed by atoms with Crippen molar-refractivity contribution in [3.05, 3.63) is 123 Å². The van der Waals surface area contributed by atoms with Crippen LogP contribution in [0.25, 0.3) is 0 Å². The van der Waals surface area contributed by atoms with E-state index < -0.39 is 52.5 Å². The van der Waals surface area contributed by atoms with Crippen LogP contribution < -0.4 is 31.2 Å². The fraction of sp³-hybridized carbons (Fsp3) is 0.500. The number of rotatable bonds is 11. The van der Waals surface area contributed by atoms with Crippen molar-refractivity contribution in [2.24, 2.45) is 0 Å². The van der Waals surface area contributed by atoms with Crippen LogP contribution >= 0.6 is 98.5 Å². The lowest BCUT2D eigenvalue weighted by atomic mass is 9.76. The molecular formula is C56H74BBr4Cl3N4O10. The van der Waals surface area contributed by atoms with Crippen LogP contribution in [0.15, 0.2) is 72.8 Å². The summed E-state index contributed by atoms with van der Waals surface area (Å²) in [6, 6.07) is 21.3. The van der Waals surface area contributed by atoms with Crippen LogP contribution in [0.4, 0.5) is 0 Å². The lowest BCUT2D eigenvalue weighted by Crippen LogP contribution is -2.56. The minimum absolute atomic E-state index is 0.130. The molecule has 0 radical (unpaired) electrons. The minimum atomic E-state index is -0.702. The molecule has 430 valence electrons. The summed E-state index contributed by atoms with van der Waals surface area (Å²) in [5, 5.41) is 1.07. The second kappa shape index (κ2) is 28.5. The smallest absolute Gasteiger partial charge is 0.495 e. The van der Waals surface area contributed by atoms with Gasteiger partial charge in [-0.1, -0.05) is 94.1 Å². The van der Waals surface area contributed by atoms with E-state index in [1.165, 1.54) is 5.01 Å². The quantitative estimate of drug-likeness (QED) is 0.0567. The average molecular weight is 1400 g/mol. The molecule has 22 heteroatoms. The second-order valence-electron chi connectivity index (χ2n) is 22.2. The Hall–Kier alpha value is -2.79. The molecule has 3 N–H and O–H groups in total. The zero-order valence-electron chi connectivity index (χ0n) is 47.6. The lowest BCUT2D eigenvalue weighted by Gasteiger charge is -2.36. The molecule has 6 rings (SSSR count). The molecule has 2 fully saturated rings. The summed E-state index contributed by atoms with van der Waals surface area (Å²) in [5.74, 6) is 0.422. The number of amides is 3. The SMILES string of the molecule is CC1(C)OB(c2ccc(C(=O)Cl)cc2C(Br)Br)OC1(C)C.COc1cccc(C(=O)NN(C(=O)c2ccc(C3OC(C)(C)C(C)(C)O3)c(C(Br)Br)c2)C(C)(C)C)c1C.COc1cccc(C(=O)NNC(C)(C)C)c1C.ClCCl. The van der Waals surface area contributed by atoms with Crippen molar-refractivity contribution in [2.45, 2.75) is 158 Å². The van der Waals surface area contributed by atoms with E-state index in [0.717, 1.165) is 27.7 Å². The lowest BCUT2D eigenvalue weighted by molar-refractivity contribution is -0.0899. The summed E-state index contributed by atoms with van der Waals surface area (Å²) in [5.41, 5.74) is 12.5. The van der Waals surface area contributed by atoms with E-state index in [9.17, 15) is 19.2 Å². The van der Waals surface area contributed by atoms with Gasteiger partial charge in [-0.15, -0.1) is 23.2 Å². The topological polar surface area (TPSA) is 163 Å². The van der Waals surface area contributed by atoms with Gasteiger partial charge in [-0.3, -0.25) is 30.0 Å². The van der Waals surface area contributed by atoms with E-state index >= 15 is 0 Å².